The summed E-state index contributed by atoms with van der Waals surface area (Å²) in [5.41, 5.74) is 0.874. The molecule has 29 heavy (non-hydrogen) atoms. The number of nitro groups is 1. The highest BCUT2D eigenvalue weighted by atomic mass is 35.5. The van der Waals surface area contributed by atoms with E-state index in [0.29, 0.717) is 22.6 Å². The highest BCUT2D eigenvalue weighted by Gasteiger charge is 2.18. The molecule has 0 unspecified atom stereocenters. The minimum atomic E-state index is -0.731. The number of aromatic nitrogens is 1. The summed E-state index contributed by atoms with van der Waals surface area (Å²) >= 11 is 7.23. The molecule has 0 saturated heterocycles. The molecule has 148 valence electrons. The fourth-order valence-electron chi connectivity index (χ4n) is 2.44. The third-order valence-electron chi connectivity index (χ3n) is 3.77. The highest BCUT2D eigenvalue weighted by molar-refractivity contribution is 7.07. The average molecular weight is 433 g/mol. The van der Waals surface area contributed by atoms with E-state index >= 15 is 0 Å². The summed E-state index contributed by atoms with van der Waals surface area (Å²) in [5, 5.41) is 27.5. The Morgan fingerprint density at radius 3 is 2.72 bits per heavy atom. The molecule has 3 aromatic rings. The van der Waals surface area contributed by atoms with Crippen LogP contribution in [0.15, 0.2) is 64.5 Å². The molecule has 0 radical (unpaired) electrons. The van der Waals surface area contributed by atoms with Gasteiger partial charge in [0.05, 0.1) is 23.4 Å². The summed E-state index contributed by atoms with van der Waals surface area (Å²) in [4.78, 5) is 15.2. The SMILES string of the molecule is C=CCN=c1scc(-c2ccc(F)cc2)n1N=Cc1cc(Cl)cc([N+](=O)[O-])c1O. The Labute approximate surface area is 173 Å². The van der Waals surface area contributed by atoms with Gasteiger partial charge in [-0.1, -0.05) is 17.7 Å². The number of thiazole rings is 1. The van der Waals surface area contributed by atoms with E-state index in [9.17, 15) is 19.6 Å². The number of rotatable bonds is 6. The van der Waals surface area contributed by atoms with E-state index in [1.165, 1.54) is 40.4 Å². The minimum absolute atomic E-state index is 0.0719. The van der Waals surface area contributed by atoms with E-state index in [-0.39, 0.29) is 16.4 Å². The molecule has 0 aliphatic heterocycles. The predicted octanol–water partition coefficient (Wildman–Crippen LogP) is 4.59. The van der Waals surface area contributed by atoms with Crippen molar-refractivity contribution < 1.29 is 14.4 Å². The first kappa shape index (κ1) is 20.4. The smallest absolute Gasteiger partial charge is 0.312 e. The second-order valence-electron chi connectivity index (χ2n) is 5.72. The summed E-state index contributed by atoms with van der Waals surface area (Å²) < 4.78 is 14.8. The zero-order chi connectivity index (χ0) is 21.0. The molecule has 0 spiro atoms. The van der Waals surface area contributed by atoms with Crippen LogP contribution >= 0.6 is 22.9 Å². The summed E-state index contributed by atoms with van der Waals surface area (Å²) in [7, 11) is 0. The Morgan fingerprint density at radius 1 is 1.34 bits per heavy atom. The van der Waals surface area contributed by atoms with E-state index in [0.717, 1.165) is 6.07 Å². The maximum atomic E-state index is 13.3. The lowest BCUT2D eigenvalue weighted by atomic mass is 10.2. The molecule has 0 amide bonds. The van der Waals surface area contributed by atoms with Gasteiger partial charge in [-0.15, -0.1) is 17.9 Å². The topological polar surface area (TPSA) is 93.0 Å². The molecule has 7 nitrogen and oxygen atoms in total. The largest absolute Gasteiger partial charge is 0.502 e. The second-order valence-corrected chi connectivity index (χ2v) is 6.99. The lowest BCUT2D eigenvalue weighted by molar-refractivity contribution is -0.385. The molecule has 2 aromatic carbocycles. The van der Waals surface area contributed by atoms with Crippen LogP contribution in [0.2, 0.25) is 5.02 Å². The number of hydrogen-bond donors (Lipinski definition) is 1. The first-order chi connectivity index (χ1) is 13.9. The average Bonchev–Trinajstić information content (AvgIpc) is 3.09. The first-order valence-corrected chi connectivity index (χ1v) is 9.45. The normalized spacial score (nSPS) is 11.9. The van der Waals surface area contributed by atoms with Crippen molar-refractivity contribution in [2.45, 2.75) is 0 Å². The third kappa shape index (κ3) is 4.58. The van der Waals surface area contributed by atoms with Crippen LogP contribution in [0.4, 0.5) is 10.1 Å². The van der Waals surface area contributed by atoms with Gasteiger partial charge in [0.2, 0.25) is 10.6 Å². The summed E-state index contributed by atoms with van der Waals surface area (Å²) in [6.45, 7) is 3.99. The van der Waals surface area contributed by atoms with Crippen molar-refractivity contribution in [3.63, 3.8) is 0 Å². The standard InChI is InChI=1S/C19H14ClFN4O3S/c1-2-7-22-19-24(17(11-29-19)12-3-5-15(21)6-4-12)23-10-13-8-14(20)9-16(18(13)26)25(27)28/h2-6,8-11,26H,1,7H2. The molecule has 1 N–H and O–H groups in total. The van der Waals surface area contributed by atoms with Crippen molar-refractivity contribution >= 4 is 34.8 Å². The molecule has 0 atom stereocenters. The van der Waals surface area contributed by atoms with Gasteiger partial charge in [0.25, 0.3) is 0 Å². The first-order valence-electron chi connectivity index (χ1n) is 8.20. The number of phenolic OH excluding ortho intramolecular Hbond substituents is 1. The van der Waals surface area contributed by atoms with Crippen molar-refractivity contribution in [1.29, 1.82) is 0 Å². The number of halogens is 2. The van der Waals surface area contributed by atoms with Gasteiger partial charge in [0, 0.05) is 27.6 Å². The molecule has 0 aliphatic carbocycles. The zero-order valence-corrected chi connectivity index (χ0v) is 16.4. The van der Waals surface area contributed by atoms with E-state index in [1.807, 2.05) is 0 Å². The van der Waals surface area contributed by atoms with Gasteiger partial charge in [0.15, 0.2) is 0 Å². The van der Waals surface area contributed by atoms with E-state index < -0.39 is 16.4 Å². The molecule has 1 aromatic heterocycles. The lowest BCUT2D eigenvalue weighted by Gasteiger charge is -2.05. The molecule has 3 rings (SSSR count). The van der Waals surface area contributed by atoms with E-state index in [1.54, 1.807) is 23.6 Å². The molecular weight excluding hydrogens is 419 g/mol. The lowest BCUT2D eigenvalue weighted by Crippen LogP contribution is -2.12. The van der Waals surface area contributed by atoms with Crippen molar-refractivity contribution in [2.75, 3.05) is 6.54 Å². The Morgan fingerprint density at radius 2 is 2.07 bits per heavy atom. The Bertz CT molecular complexity index is 1170. The van der Waals surface area contributed by atoms with Gasteiger partial charge >= 0.3 is 5.69 Å². The maximum Gasteiger partial charge on any atom is 0.312 e. The Balaban J connectivity index is 2.13. The molecule has 10 heteroatoms. The highest BCUT2D eigenvalue weighted by Crippen LogP contribution is 2.32. The summed E-state index contributed by atoms with van der Waals surface area (Å²) in [6.07, 6.45) is 2.87. The number of nitro benzene ring substituents is 1. The quantitative estimate of drug-likeness (QED) is 0.267. The fraction of sp³-hybridized carbons (Fsp3) is 0.0526. The van der Waals surface area contributed by atoms with Crippen molar-refractivity contribution in [3.8, 4) is 17.0 Å². The second kappa shape index (κ2) is 8.80. The third-order valence-corrected chi connectivity index (χ3v) is 4.85. The molecule has 0 saturated carbocycles. The van der Waals surface area contributed by atoms with Gasteiger partial charge in [-0.3, -0.25) is 15.1 Å². The monoisotopic (exact) mass is 432 g/mol. The van der Waals surface area contributed by atoms with Crippen LogP contribution in [0.3, 0.4) is 0 Å². The maximum absolute atomic E-state index is 13.3. The van der Waals surface area contributed by atoms with E-state index in [4.69, 9.17) is 11.6 Å². The van der Waals surface area contributed by atoms with Gasteiger partial charge in [-0.05, 0) is 30.3 Å². The van der Waals surface area contributed by atoms with Crippen LogP contribution in [-0.4, -0.2) is 27.5 Å². The number of hydrogen-bond acceptors (Lipinski definition) is 6. The number of nitrogens with zero attached hydrogens (tertiary/aromatic N) is 4. The predicted molar refractivity (Wildman–Crippen MR) is 111 cm³/mol. The summed E-state index contributed by atoms with van der Waals surface area (Å²) in [5.74, 6) is -0.918. The zero-order valence-electron chi connectivity index (χ0n) is 14.8. The molecule has 0 fully saturated rings. The van der Waals surface area contributed by atoms with Gasteiger partial charge < -0.3 is 5.11 Å². The number of aromatic hydroxyl groups is 1. The van der Waals surface area contributed by atoms with E-state index in [2.05, 4.69) is 16.7 Å². The van der Waals surface area contributed by atoms with Gasteiger partial charge in [-0.2, -0.15) is 5.10 Å². The van der Waals surface area contributed by atoms with Gasteiger partial charge in [-0.25, -0.2) is 9.07 Å². The van der Waals surface area contributed by atoms with Crippen LogP contribution in [0.5, 0.6) is 5.75 Å². The molecule has 0 bridgehead atoms. The summed E-state index contributed by atoms with van der Waals surface area (Å²) in [6, 6.07) is 8.27. The van der Waals surface area contributed by atoms with Crippen LogP contribution in [-0.2, 0) is 0 Å². The van der Waals surface area contributed by atoms with Crippen molar-refractivity contribution in [2.24, 2.45) is 10.1 Å². The van der Waals surface area contributed by atoms with Crippen LogP contribution < -0.4 is 4.80 Å². The van der Waals surface area contributed by atoms with Gasteiger partial charge in [0.1, 0.15) is 5.82 Å². The number of benzene rings is 2. The molecule has 0 aliphatic rings. The van der Waals surface area contributed by atoms with Crippen molar-refractivity contribution in [1.82, 2.24) is 4.68 Å². The number of phenols is 1. The minimum Gasteiger partial charge on any atom is -0.502 e. The van der Waals surface area contributed by atoms with Crippen molar-refractivity contribution in [3.05, 3.63) is 85.8 Å². The van der Waals surface area contributed by atoms with Crippen LogP contribution in [0.25, 0.3) is 11.3 Å². The Kier molecular flexibility index (Phi) is 6.20. The van der Waals surface area contributed by atoms with Crippen LogP contribution in [0, 0.1) is 15.9 Å². The molecular formula is C19H14ClFN4O3S. The molecule has 1 heterocycles. The van der Waals surface area contributed by atoms with Crippen LogP contribution in [0.1, 0.15) is 5.56 Å². The Hall–Kier alpha value is -3.30. The fourth-order valence-corrected chi connectivity index (χ4v) is 3.51.